The molecule has 0 N–H and O–H groups in total. The van der Waals surface area contributed by atoms with Crippen LogP contribution in [0.3, 0.4) is 0 Å². The first-order valence-corrected chi connectivity index (χ1v) is 22.0. The molecule has 0 saturated heterocycles. The van der Waals surface area contributed by atoms with Crippen LogP contribution < -0.4 is 0 Å². The van der Waals surface area contributed by atoms with Gasteiger partial charge in [0.1, 0.15) is 0 Å². The van der Waals surface area contributed by atoms with Gasteiger partial charge in [0.15, 0.2) is 8.32 Å². The Balaban J connectivity index is 1.63. The van der Waals surface area contributed by atoms with E-state index >= 15 is 0 Å². The zero-order chi connectivity index (χ0) is 27.4. The van der Waals surface area contributed by atoms with Crippen molar-refractivity contribution < 1.29 is 18.4 Å². The highest BCUT2D eigenvalue weighted by atomic mass is 28.4. The summed E-state index contributed by atoms with van der Waals surface area (Å²) in [5.74, 6) is 5.05. The van der Waals surface area contributed by atoms with Crippen LogP contribution in [0.25, 0.3) is 0 Å². The average molecular weight is 549 g/mol. The maximum atomic E-state index is 11.9. The Morgan fingerprint density at radius 3 is 2.24 bits per heavy atom. The highest BCUT2D eigenvalue weighted by Gasteiger charge is 2.62. The Labute approximate surface area is 229 Å². The van der Waals surface area contributed by atoms with Gasteiger partial charge in [-0.05, 0) is 137 Å². The van der Waals surface area contributed by atoms with Gasteiger partial charge in [-0.2, -0.15) is 0 Å². The van der Waals surface area contributed by atoms with Gasteiger partial charge in [0.2, 0.25) is 8.32 Å². The molecule has 212 valence electrons. The lowest BCUT2D eigenvalue weighted by molar-refractivity contribution is -0.141. The molecule has 0 amide bonds. The van der Waals surface area contributed by atoms with Crippen molar-refractivity contribution in [1.29, 1.82) is 0 Å². The number of hydrogen-bond donors (Lipinski definition) is 0. The van der Waals surface area contributed by atoms with E-state index in [1.54, 1.807) is 0 Å². The molecule has 3 saturated carbocycles. The number of allylic oxidation sites excluding steroid dienone is 2. The number of methoxy groups -OCH3 is 1. The fraction of sp³-hybridized carbons (Fsp3) is 0.903. The summed E-state index contributed by atoms with van der Waals surface area (Å²) in [6.45, 7) is 21.7. The Kier molecular flexibility index (Phi) is 8.28. The molecule has 0 aromatic rings. The minimum atomic E-state index is -1.74. The first kappa shape index (κ1) is 29.4. The summed E-state index contributed by atoms with van der Waals surface area (Å²) in [6.07, 6.45) is 13.4. The minimum absolute atomic E-state index is 0.0658. The Morgan fingerprint density at radius 1 is 0.973 bits per heavy atom. The molecular weight excluding hydrogens is 493 g/mol. The molecule has 37 heavy (non-hydrogen) atoms. The maximum Gasteiger partial charge on any atom is 0.305 e. The third-order valence-electron chi connectivity index (χ3n) is 10.9. The largest absolute Gasteiger partial charge is 0.547 e. The Bertz CT molecular complexity index is 873. The molecule has 0 aromatic carbocycles. The highest BCUT2D eigenvalue weighted by molar-refractivity contribution is 6.70. The highest BCUT2D eigenvalue weighted by Crippen LogP contribution is 2.68. The molecule has 0 aromatic heterocycles. The van der Waals surface area contributed by atoms with Crippen molar-refractivity contribution in [3.8, 4) is 0 Å². The number of esters is 1. The maximum absolute atomic E-state index is 11.9. The molecule has 5 unspecified atom stereocenters. The summed E-state index contributed by atoms with van der Waals surface area (Å²) in [5.41, 5.74) is 0.687. The van der Waals surface area contributed by atoms with E-state index in [1.165, 1.54) is 51.4 Å². The van der Waals surface area contributed by atoms with Crippen molar-refractivity contribution in [2.45, 2.75) is 124 Å². The van der Waals surface area contributed by atoms with Gasteiger partial charge in [-0.15, -0.1) is 0 Å². The van der Waals surface area contributed by atoms with Gasteiger partial charge in [0.25, 0.3) is 0 Å². The summed E-state index contributed by atoms with van der Waals surface area (Å²) < 4.78 is 18.6. The van der Waals surface area contributed by atoms with E-state index in [1.807, 2.05) is 0 Å². The minimum Gasteiger partial charge on any atom is -0.547 e. The average Bonchev–Trinajstić information content (AvgIpc) is 3.13. The standard InChI is InChI=1S/C31H56O4Si2/c1-21(11-14-28(32)33-4)24-12-13-25-29-26(16-18-31(24,25)3)30(2)17-15-23(34-36(5,6)7)19-22(30)20-27(29)35-37(8,9)10/h20-26,29H,11-19H2,1-10H3/t21-,22+,23?,24?,25?,26?,29?,30+,31-/m1/s1. The quantitative estimate of drug-likeness (QED) is 0.226. The molecular formula is C31H56O4Si2. The number of carbonyl (C=O) groups excluding carboxylic acids is 1. The van der Waals surface area contributed by atoms with Gasteiger partial charge in [0, 0.05) is 18.4 Å². The number of hydrogen-bond acceptors (Lipinski definition) is 4. The van der Waals surface area contributed by atoms with Crippen molar-refractivity contribution in [3.63, 3.8) is 0 Å². The number of fused-ring (bicyclic) bond motifs is 5. The predicted molar refractivity (Wildman–Crippen MR) is 157 cm³/mol. The van der Waals surface area contributed by atoms with Crippen LogP contribution in [0.1, 0.15) is 78.6 Å². The summed E-state index contributed by atoms with van der Waals surface area (Å²) in [4.78, 5) is 11.9. The van der Waals surface area contributed by atoms with Crippen LogP contribution in [-0.4, -0.2) is 35.8 Å². The smallest absolute Gasteiger partial charge is 0.305 e. The first-order valence-electron chi connectivity index (χ1n) is 15.2. The second kappa shape index (κ2) is 10.4. The van der Waals surface area contributed by atoms with Gasteiger partial charge in [0.05, 0.1) is 12.9 Å². The molecule has 4 nitrogen and oxygen atoms in total. The van der Waals surface area contributed by atoms with Crippen LogP contribution in [0.2, 0.25) is 39.3 Å². The fourth-order valence-corrected chi connectivity index (χ4v) is 11.4. The Hall–Kier alpha value is -0.596. The zero-order valence-corrected chi connectivity index (χ0v) is 27.6. The van der Waals surface area contributed by atoms with Crippen LogP contribution in [0.4, 0.5) is 0 Å². The Morgan fingerprint density at radius 2 is 1.62 bits per heavy atom. The van der Waals surface area contributed by atoms with Gasteiger partial charge in [-0.1, -0.05) is 20.8 Å². The second-order valence-corrected chi connectivity index (χ2v) is 24.5. The third-order valence-corrected chi connectivity index (χ3v) is 12.8. The molecule has 6 heteroatoms. The van der Waals surface area contributed by atoms with Gasteiger partial charge < -0.3 is 13.6 Å². The summed E-state index contributed by atoms with van der Waals surface area (Å²) in [7, 11) is -1.78. The number of carbonyl (C=O) groups is 1. The molecule has 0 aliphatic heterocycles. The number of ether oxygens (including phenoxy) is 1. The van der Waals surface area contributed by atoms with E-state index < -0.39 is 16.6 Å². The van der Waals surface area contributed by atoms with Crippen LogP contribution >= 0.6 is 0 Å². The SMILES string of the molecule is COC(=O)CC[C@@H](C)C1CCC2C3C(O[Si](C)(C)C)=C[C@@H]4CC(O[Si](C)(C)C)CC[C@]4(C)C3CC[C@@]21C. The van der Waals surface area contributed by atoms with E-state index in [9.17, 15) is 4.79 Å². The molecule has 9 atom stereocenters. The lowest BCUT2D eigenvalue weighted by Gasteiger charge is -2.60. The van der Waals surface area contributed by atoms with Crippen molar-refractivity contribution in [3.05, 3.63) is 11.8 Å². The molecule has 0 radical (unpaired) electrons. The molecule has 3 fully saturated rings. The number of rotatable bonds is 8. The predicted octanol–water partition coefficient (Wildman–Crippen LogP) is 8.41. The van der Waals surface area contributed by atoms with Crippen LogP contribution in [0.5, 0.6) is 0 Å². The summed E-state index contributed by atoms with van der Waals surface area (Å²) in [5, 5.41) is 0. The van der Waals surface area contributed by atoms with Gasteiger partial charge in [-0.25, -0.2) is 0 Å². The topological polar surface area (TPSA) is 44.8 Å². The van der Waals surface area contributed by atoms with Crippen molar-refractivity contribution in [2.75, 3.05) is 7.11 Å². The lowest BCUT2D eigenvalue weighted by Crippen LogP contribution is -2.55. The monoisotopic (exact) mass is 548 g/mol. The van der Waals surface area contributed by atoms with Crippen LogP contribution in [0, 0.1) is 46.3 Å². The molecule has 0 heterocycles. The molecule has 4 aliphatic rings. The third kappa shape index (κ3) is 5.96. The first-order chi connectivity index (χ1) is 17.1. The van der Waals surface area contributed by atoms with Gasteiger partial charge in [-0.3, -0.25) is 4.79 Å². The van der Waals surface area contributed by atoms with Crippen LogP contribution in [-0.2, 0) is 18.4 Å². The molecule has 0 bridgehead atoms. The van der Waals surface area contributed by atoms with Crippen LogP contribution in [0.15, 0.2) is 11.8 Å². The summed E-state index contributed by atoms with van der Waals surface area (Å²) in [6, 6.07) is 0. The van der Waals surface area contributed by atoms with E-state index in [2.05, 4.69) is 66.1 Å². The van der Waals surface area contributed by atoms with E-state index in [0.717, 1.165) is 12.8 Å². The second-order valence-electron chi connectivity index (χ2n) is 15.6. The lowest BCUT2D eigenvalue weighted by atomic mass is 9.46. The van der Waals surface area contributed by atoms with Gasteiger partial charge >= 0.3 is 5.97 Å². The molecule has 4 aliphatic carbocycles. The van der Waals surface area contributed by atoms with E-state index in [0.29, 0.717) is 58.9 Å². The normalized spacial score (nSPS) is 40.6. The van der Waals surface area contributed by atoms with Crippen molar-refractivity contribution >= 4 is 22.6 Å². The van der Waals surface area contributed by atoms with E-state index in [-0.39, 0.29) is 5.97 Å². The van der Waals surface area contributed by atoms with Crippen molar-refractivity contribution in [2.24, 2.45) is 46.3 Å². The van der Waals surface area contributed by atoms with Crippen molar-refractivity contribution in [1.82, 2.24) is 0 Å². The zero-order valence-electron chi connectivity index (χ0n) is 25.6. The molecule has 4 rings (SSSR count). The van der Waals surface area contributed by atoms with E-state index in [4.69, 9.17) is 13.6 Å². The molecule has 0 spiro atoms. The fourth-order valence-electron chi connectivity index (χ4n) is 9.32. The summed E-state index contributed by atoms with van der Waals surface area (Å²) >= 11 is 0.